The van der Waals surface area contributed by atoms with Crippen molar-refractivity contribution in [2.24, 2.45) is 0 Å². The zero-order valence-electron chi connectivity index (χ0n) is 14.7. The van der Waals surface area contributed by atoms with Gasteiger partial charge in [0.05, 0.1) is 29.8 Å². The van der Waals surface area contributed by atoms with Crippen LogP contribution in [0.4, 0.5) is 0 Å². The molecule has 1 aromatic carbocycles. The van der Waals surface area contributed by atoms with Crippen LogP contribution in [0.5, 0.6) is 0 Å². The average Bonchev–Trinajstić information content (AvgIpc) is 3.15. The van der Waals surface area contributed by atoms with Gasteiger partial charge in [-0.25, -0.2) is 0 Å². The van der Waals surface area contributed by atoms with Crippen LogP contribution < -0.4 is 5.32 Å². The largest absolute Gasteiger partial charge is 0.455 e. The SMILES string of the molecule is O=C(NCCCN1CCOCC1)c1ccc(C[S@](=O)c2ccccc2)o1. The zero-order valence-corrected chi connectivity index (χ0v) is 15.5. The molecule has 1 aromatic heterocycles. The summed E-state index contributed by atoms with van der Waals surface area (Å²) in [5.41, 5.74) is 0. The summed E-state index contributed by atoms with van der Waals surface area (Å²) >= 11 is 0. The van der Waals surface area contributed by atoms with Crippen molar-refractivity contribution in [1.29, 1.82) is 0 Å². The van der Waals surface area contributed by atoms with E-state index in [-0.39, 0.29) is 17.4 Å². The van der Waals surface area contributed by atoms with Crippen LogP contribution in [0.1, 0.15) is 22.7 Å². The van der Waals surface area contributed by atoms with E-state index in [1.54, 1.807) is 12.1 Å². The van der Waals surface area contributed by atoms with Crippen LogP contribution in [0.3, 0.4) is 0 Å². The molecule has 1 amide bonds. The molecule has 6 nitrogen and oxygen atoms in total. The minimum absolute atomic E-state index is 0.233. The second kappa shape index (κ2) is 9.66. The van der Waals surface area contributed by atoms with E-state index in [0.29, 0.717) is 12.3 Å². The molecule has 3 rings (SSSR count). The van der Waals surface area contributed by atoms with Gasteiger partial charge in [0.2, 0.25) is 0 Å². The topological polar surface area (TPSA) is 71.8 Å². The van der Waals surface area contributed by atoms with E-state index in [1.165, 1.54) is 0 Å². The van der Waals surface area contributed by atoms with Crippen LogP contribution >= 0.6 is 0 Å². The summed E-state index contributed by atoms with van der Waals surface area (Å²) in [6.07, 6.45) is 0.886. The Bertz CT molecular complexity index is 726. The van der Waals surface area contributed by atoms with E-state index in [9.17, 15) is 9.00 Å². The van der Waals surface area contributed by atoms with Crippen molar-refractivity contribution >= 4 is 16.7 Å². The second-order valence-electron chi connectivity index (χ2n) is 6.13. The molecule has 1 aliphatic heterocycles. The molecule has 2 heterocycles. The lowest BCUT2D eigenvalue weighted by molar-refractivity contribution is 0.0374. The average molecular weight is 376 g/mol. The normalized spacial score (nSPS) is 16.3. The minimum atomic E-state index is -1.19. The number of hydrogen-bond donors (Lipinski definition) is 1. The number of nitrogens with one attached hydrogen (secondary N) is 1. The molecule has 0 aliphatic carbocycles. The van der Waals surface area contributed by atoms with Crippen molar-refractivity contribution in [3.8, 4) is 0 Å². The Morgan fingerprint density at radius 2 is 1.88 bits per heavy atom. The highest BCUT2D eigenvalue weighted by Gasteiger charge is 2.14. The molecule has 140 valence electrons. The number of carbonyl (C=O) groups excluding carboxylic acids is 1. The van der Waals surface area contributed by atoms with Crippen LogP contribution in [0.25, 0.3) is 0 Å². The molecule has 1 saturated heterocycles. The number of furan rings is 1. The van der Waals surface area contributed by atoms with E-state index in [4.69, 9.17) is 9.15 Å². The molecule has 1 fully saturated rings. The number of rotatable bonds is 8. The maximum Gasteiger partial charge on any atom is 0.286 e. The van der Waals surface area contributed by atoms with Crippen molar-refractivity contribution in [2.75, 3.05) is 39.4 Å². The highest BCUT2D eigenvalue weighted by atomic mass is 32.2. The number of amides is 1. The molecule has 7 heteroatoms. The molecule has 0 spiro atoms. The first kappa shape index (κ1) is 18.8. The monoisotopic (exact) mass is 376 g/mol. The highest BCUT2D eigenvalue weighted by molar-refractivity contribution is 7.84. The summed E-state index contributed by atoms with van der Waals surface area (Å²) < 4.78 is 23.2. The van der Waals surface area contributed by atoms with Gasteiger partial charge in [-0.2, -0.15) is 0 Å². The number of morpholine rings is 1. The van der Waals surface area contributed by atoms with Crippen molar-refractivity contribution in [3.63, 3.8) is 0 Å². The standard InChI is InChI=1S/C19H24N2O4S/c22-19(20-9-4-10-21-11-13-24-14-12-21)18-8-7-16(25-18)15-26(23)17-5-2-1-3-6-17/h1-3,5-8H,4,9-15H2,(H,20,22)/t26-/m0/s1. The smallest absolute Gasteiger partial charge is 0.286 e. The van der Waals surface area contributed by atoms with Crippen molar-refractivity contribution < 1.29 is 18.2 Å². The van der Waals surface area contributed by atoms with E-state index in [2.05, 4.69) is 10.2 Å². The molecule has 2 aromatic rings. The Morgan fingerprint density at radius 1 is 1.12 bits per heavy atom. The quantitative estimate of drug-likeness (QED) is 0.714. The van der Waals surface area contributed by atoms with Crippen molar-refractivity contribution in [1.82, 2.24) is 10.2 Å². The van der Waals surface area contributed by atoms with Crippen LogP contribution in [-0.4, -0.2) is 54.4 Å². The third kappa shape index (κ3) is 5.52. The third-order valence-electron chi connectivity index (χ3n) is 4.21. The summed E-state index contributed by atoms with van der Waals surface area (Å²) in [5, 5.41) is 2.87. The van der Waals surface area contributed by atoms with E-state index < -0.39 is 10.8 Å². The fraction of sp³-hybridized carbons (Fsp3) is 0.421. The lowest BCUT2D eigenvalue weighted by atomic mass is 10.3. The Morgan fingerprint density at radius 3 is 2.65 bits per heavy atom. The van der Waals surface area contributed by atoms with Gasteiger partial charge < -0.3 is 14.5 Å². The van der Waals surface area contributed by atoms with E-state index in [1.807, 2.05) is 30.3 Å². The molecular weight excluding hydrogens is 352 g/mol. The first-order chi connectivity index (χ1) is 12.7. The fourth-order valence-corrected chi connectivity index (χ4v) is 3.82. The molecule has 1 aliphatic rings. The van der Waals surface area contributed by atoms with Gasteiger partial charge >= 0.3 is 0 Å². The number of nitrogens with zero attached hydrogens (tertiary/aromatic N) is 1. The van der Waals surface area contributed by atoms with Gasteiger partial charge in [-0.1, -0.05) is 18.2 Å². The van der Waals surface area contributed by atoms with Gasteiger partial charge in [0, 0.05) is 24.5 Å². The maximum atomic E-state index is 12.3. The summed E-state index contributed by atoms with van der Waals surface area (Å²) in [6, 6.07) is 12.6. The summed E-state index contributed by atoms with van der Waals surface area (Å²) in [4.78, 5) is 15.2. The number of ether oxygens (including phenoxy) is 1. The van der Waals surface area contributed by atoms with Crippen LogP contribution in [0.15, 0.2) is 51.8 Å². The Balaban J connectivity index is 1.42. The highest BCUT2D eigenvalue weighted by Crippen LogP contribution is 2.15. The van der Waals surface area contributed by atoms with Crippen LogP contribution in [-0.2, 0) is 21.3 Å². The van der Waals surface area contributed by atoms with Gasteiger partial charge in [-0.3, -0.25) is 13.9 Å². The van der Waals surface area contributed by atoms with Gasteiger partial charge in [0.25, 0.3) is 5.91 Å². The van der Waals surface area contributed by atoms with Gasteiger partial charge in [-0.05, 0) is 37.2 Å². The second-order valence-corrected chi connectivity index (χ2v) is 7.58. The Labute approximate surface area is 156 Å². The lowest BCUT2D eigenvalue weighted by Crippen LogP contribution is -2.38. The lowest BCUT2D eigenvalue weighted by Gasteiger charge is -2.26. The first-order valence-electron chi connectivity index (χ1n) is 8.83. The van der Waals surface area contributed by atoms with Crippen molar-refractivity contribution in [2.45, 2.75) is 17.1 Å². The molecule has 1 atom stereocenters. The molecule has 0 radical (unpaired) electrons. The van der Waals surface area contributed by atoms with Crippen molar-refractivity contribution in [3.05, 3.63) is 54.0 Å². The van der Waals surface area contributed by atoms with Gasteiger partial charge in [0.1, 0.15) is 5.76 Å². The summed E-state index contributed by atoms with van der Waals surface area (Å²) in [6.45, 7) is 5.02. The number of hydrogen-bond acceptors (Lipinski definition) is 5. The fourth-order valence-electron chi connectivity index (χ4n) is 2.78. The molecule has 0 saturated carbocycles. The molecule has 0 bridgehead atoms. The van der Waals surface area contributed by atoms with E-state index in [0.717, 1.165) is 44.2 Å². The maximum absolute atomic E-state index is 12.3. The Hall–Kier alpha value is -1.96. The van der Waals surface area contributed by atoms with E-state index >= 15 is 0 Å². The third-order valence-corrected chi connectivity index (χ3v) is 5.55. The van der Waals surface area contributed by atoms with Crippen LogP contribution in [0.2, 0.25) is 0 Å². The molecule has 0 unspecified atom stereocenters. The molecule has 1 N–H and O–H groups in total. The predicted octanol–water partition coefficient (Wildman–Crippen LogP) is 2.04. The number of benzene rings is 1. The minimum Gasteiger partial charge on any atom is -0.455 e. The first-order valence-corrected chi connectivity index (χ1v) is 10.1. The number of carbonyl (C=O) groups is 1. The molecular formula is C19H24N2O4S. The van der Waals surface area contributed by atoms with Gasteiger partial charge in [-0.15, -0.1) is 0 Å². The van der Waals surface area contributed by atoms with Crippen LogP contribution in [0, 0.1) is 0 Å². The Kier molecular flexibility index (Phi) is 6.99. The molecule has 26 heavy (non-hydrogen) atoms. The summed E-state index contributed by atoms with van der Waals surface area (Å²) in [5.74, 6) is 0.833. The zero-order chi connectivity index (χ0) is 18.2. The summed E-state index contributed by atoms with van der Waals surface area (Å²) in [7, 11) is -1.19. The van der Waals surface area contributed by atoms with Gasteiger partial charge in [0.15, 0.2) is 5.76 Å². The predicted molar refractivity (Wildman–Crippen MR) is 99.5 cm³/mol.